The summed E-state index contributed by atoms with van der Waals surface area (Å²) in [5, 5.41) is 76.1. The summed E-state index contributed by atoms with van der Waals surface area (Å²) in [6.45, 7) is 1.48. The third-order valence-electron chi connectivity index (χ3n) is 10.8. The molecule has 0 aromatic heterocycles. The number of carbonyl (C=O) groups is 1. The Morgan fingerprint density at radius 3 is 1.58 bits per heavy atom. The van der Waals surface area contributed by atoms with Crippen LogP contribution in [0.4, 0.5) is 0 Å². The van der Waals surface area contributed by atoms with Gasteiger partial charge in [-0.25, -0.2) is 0 Å². The molecular formula is C36H70N4O12. The van der Waals surface area contributed by atoms with E-state index in [1.165, 1.54) is 70.6 Å². The first-order chi connectivity index (χ1) is 24.9. The van der Waals surface area contributed by atoms with Crippen LogP contribution in [-0.2, 0) is 23.7 Å². The lowest BCUT2D eigenvalue weighted by atomic mass is 9.84. The van der Waals surface area contributed by atoms with Crippen LogP contribution in [0.1, 0.15) is 116 Å². The minimum Gasteiger partial charge on any atom is -0.394 e. The number of amides is 1. The Morgan fingerprint density at radius 1 is 0.615 bits per heavy atom. The maximum Gasteiger partial charge on any atom is 0.220 e. The van der Waals surface area contributed by atoms with Gasteiger partial charge in [0, 0.05) is 25.0 Å². The molecule has 0 aromatic carbocycles. The normalized spacial score (nSPS) is 38.3. The van der Waals surface area contributed by atoms with E-state index in [0.29, 0.717) is 6.42 Å². The molecule has 2 aliphatic heterocycles. The van der Waals surface area contributed by atoms with E-state index in [1.807, 2.05) is 0 Å². The monoisotopic (exact) mass is 750 g/mol. The number of unbranched alkanes of at least 4 members (excludes halogenated alkanes) is 14. The number of aliphatic hydroxyl groups is 7. The molecule has 0 radical (unpaired) electrons. The van der Waals surface area contributed by atoms with Crippen molar-refractivity contribution in [2.75, 3.05) is 13.2 Å². The van der Waals surface area contributed by atoms with Gasteiger partial charge in [-0.05, 0) is 12.8 Å². The van der Waals surface area contributed by atoms with Crippen molar-refractivity contribution in [1.82, 2.24) is 5.32 Å². The number of ether oxygens (including phenoxy) is 4. The number of nitrogens with two attached hydrogens (primary N) is 3. The Morgan fingerprint density at radius 2 is 1.08 bits per heavy atom. The summed E-state index contributed by atoms with van der Waals surface area (Å²) in [5.74, 6) is -0.231. The number of rotatable bonds is 23. The standard InChI is InChI=1S/C36H70N4O12/c1-2-3-4-5-6-7-8-9-10-11-12-13-14-15-16-17-25(42)40-19-23-28(44)30(46)31(47)36(49-23)52-34-22(38)18-21(37)33(32(34)48)51-35-29(45)26(39)27(43)24(20-41)50-35/h21-24,26-36,41,43-48H,2-20,37-39H2,1H3,(H,40,42)/t21?,22?,23?,24-,26?,27?,28-,29-,30?,31?,32-,33?,34?,35?,36-/m1/s1. The molecular weight excluding hydrogens is 680 g/mol. The van der Waals surface area contributed by atoms with Gasteiger partial charge in [-0.1, -0.05) is 96.8 Å². The summed E-state index contributed by atoms with van der Waals surface area (Å²) < 4.78 is 22.9. The van der Waals surface area contributed by atoms with E-state index in [1.54, 1.807) is 0 Å². The molecule has 3 rings (SSSR count). The number of nitrogens with one attached hydrogen (secondary N) is 1. The fraction of sp³-hybridized carbons (Fsp3) is 0.972. The van der Waals surface area contributed by atoms with E-state index < -0.39 is 98.4 Å². The Hall–Kier alpha value is -1.09. The zero-order valence-electron chi connectivity index (χ0n) is 31.0. The highest BCUT2D eigenvalue weighted by Crippen LogP contribution is 2.31. The van der Waals surface area contributed by atoms with Crippen molar-refractivity contribution in [3.05, 3.63) is 0 Å². The molecule has 2 heterocycles. The van der Waals surface area contributed by atoms with Crippen LogP contribution in [-0.4, -0.2) is 147 Å². The molecule has 16 heteroatoms. The highest BCUT2D eigenvalue weighted by molar-refractivity contribution is 5.75. The third-order valence-corrected chi connectivity index (χ3v) is 10.8. The van der Waals surface area contributed by atoms with Gasteiger partial charge in [0.05, 0.1) is 12.6 Å². The number of carbonyl (C=O) groups excluding carboxylic acids is 1. The van der Waals surface area contributed by atoms with Crippen LogP contribution in [0.25, 0.3) is 0 Å². The second kappa shape index (κ2) is 23.7. The van der Waals surface area contributed by atoms with Crippen molar-refractivity contribution < 1.29 is 59.5 Å². The SMILES string of the molecule is CCCCCCCCCCCCCCCCCC(=O)NCC1O[C@H](OC2C(N)CC(N)C(OC3O[C@H](CO)C(O)C(N)[C@H]3O)[C@H]2O)C(O)C(O)[C@@H]1O. The van der Waals surface area contributed by atoms with Gasteiger partial charge >= 0.3 is 0 Å². The van der Waals surface area contributed by atoms with Crippen LogP contribution in [0.2, 0.25) is 0 Å². The molecule has 1 saturated carbocycles. The van der Waals surface area contributed by atoms with Gasteiger partial charge in [-0.2, -0.15) is 0 Å². The number of hydrogen-bond donors (Lipinski definition) is 11. The van der Waals surface area contributed by atoms with Crippen molar-refractivity contribution in [2.45, 2.75) is 208 Å². The van der Waals surface area contributed by atoms with E-state index in [0.717, 1.165) is 25.7 Å². The zero-order valence-corrected chi connectivity index (χ0v) is 31.0. The predicted octanol–water partition coefficient (Wildman–Crippen LogP) is -0.872. The van der Waals surface area contributed by atoms with E-state index >= 15 is 0 Å². The fourth-order valence-corrected chi connectivity index (χ4v) is 7.33. The zero-order chi connectivity index (χ0) is 38.2. The summed E-state index contributed by atoms with van der Waals surface area (Å²) in [5.41, 5.74) is 18.4. The van der Waals surface area contributed by atoms with Crippen LogP contribution in [0.15, 0.2) is 0 Å². The molecule has 15 atom stereocenters. The van der Waals surface area contributed by atoms with Gasteiger partial charge in [0.2, 0.25) is 5.91 Å². The van der Waals surface area contributed by atoms with Crippen molar-refractivity contribution >= 4 is 5.91 Å². The Kier molecular flexibility index (Phi) is 20.7. The van der Waals surface area contributed by atoms with Gasteiger partial charge < -0.3 is 77.2 Å². The molecule has 0 aromatic rings. The summed E-state index contributed by atoms with van der Waals surface area (Å²) in [4.78, 5) is 12.6. The molecule has 3 fully saturated rings. The molecule has 0 spiro atoms. The molecule has 1 aliphatic carbocycles. The van der Waals surface area contributed by atoms with Gasteiger partial charge in [0.15, 0.2) is 12.6 Å². The number of aliphatic hydroxyl groups excluding tert-OH is 7. The molecule has 16 nitrogen and oxygen atoms in total. The summed E-state index contributed by atoms with van der Waals surface area (Å²) in [7, 11) is 0. The molecule has 1 amide bonds. The molecule has 52 heavy (non-hydrogen) atoms. The van der Waals surface area contributed by atoms with E-state index in [-0.39, 0.29) is 18.9 Å². The molecule has 2 saturated heterocycles. The fourth-order valence-electron chi connectivity index (χ4n) is 7.33. The van der Waals surface area contributed by atoms with Crippen LogP contribution in [0.5, 0.6) is 0 Å². The first-order valence-electron chi connectivity index (χ1n) is 19.8. The lowest BCUT2D eigenvalue weighted by molar-refractivity contribution is -0.332. The van der Waals surface area contributed by atoms with E-state index in [2.05, 4.69) is 12.2 Å². The average molecular weight is 751 g/mol. The van der Waals surface area contributed by atoms with Gasteiger partial charge in [-0.3, -0.25) is 4.79 Å². The minimum atomic E-state index is -1.73. The van der Waals surface area contributed by atoms with Gasteiger partial charge in [-0.15, -0.1) is 0 Å². The van der Waals surface area contributed by atoms with E-state index in [4.69, 9.17) is 36.1 Å². The Balaban J connectivity index is 1.38. The summed E-state index contributed by atoms with van der Waals surface area (Å²) in [6.07, 6.45) is 1.48. The summed E-state index contributed by atoms with van der Waals surface area (Å²) in [6, 6.07) is -2.97. The highest BCUT2D eigenvalue weighted by Gasteiger charge is 2.51. The highest BCUT2D eigenvalue weighted by atomic mass is 16.7. The van der Waals surface area contributed by atoms with Crippen molar-refractivity contribution in [2.24, 2.45) is 17.2 Å². The average Bonchev–Trinajstić information content (AvgIpc) is 3.12. The van der Waals surface area contributed by atoms with Crippen LogP contribution in [0.3, 0.4) is 0 Å². The van der Waals surface area contributed by atoms with Crippen LogP contribution >= 0.6 is 0 Å². The second-order valence-corrected chi connectivity index (χ2v) is 15.1. The first-order valence-corrected chi connectivity index (χ1v) is 19.8. The molecule has 3 aliphatic rings. The quantitative estimate of drug-likeness (QED) is 0.0566. The maximum absolute atomic E-state index is 12.6. The van der Waals surface area contributed by atoms with Crippen molar-refractivity contribution in [3.8, 4) is 0 Å². The number of hydrogen-bond acceptors (Lipinski definition) is 15. The van der Waals surface area contributed by atoms with Gasteiger partial charge in [0.1, 0.15) is 61.0 Å². The Bertz CT molecular complexity index is 988. The van der Waals surface area contributed by atoms with Gasteiger partial charge in [0.25, 0.3) is 0 Å². The molecule has 10 unspecified atom stereocenters. The van der Waals surface area contributed by atoms with Crippen molar-refractivity contribution in [1.29, 1.82) is 0 Å². The molecule has 0 bridgehead atoms. The van der Waals surface area contributed by atoms with Crippen LogP contribution in [0, 0.1) is 0 Å². The summed E-state index contributed by atoms with van der Waals surface area (Å²) >= 11 is 0. The van der Waals surface area contributed by atoms with Crippen molar-refractivity contribution in [3.63, 3.8) is 0 Å². The Labute approximate surface area is 308 Å². The predicted molar refractivity (Wildman–Crippen MR) is 191 cm³/mol. The lowest BCUT2D eigenvalue weighted by Gasteiger charge is -2.48. The first kappa shape index (κ1) is 45.3. The molecule has 306 valence electrons. The third kappa shape index (κ3) is 13.6. The largest absolute Gasteiger partial charge is 0.394 e. The minimum absolute atomic E-state index is 0.0557. The second-order valence-electron chi connectivity index (χ2n) is 15.1. The molecule has 14 N–H and O–H groups in total. The van der Waals surface area contributed by atoms with Crippen LogP contribution < -0.4 is 22.5 Å². The maximum atomic E-state index is 12.6. The topological polar surface area (TPSA) is 286 Å². The van der Waals surface area contributed by atoms with E-state index in [9.17, 15) is 40.5 Å². The smallest absolute Gasteiger partial charge is 0.220 e. The lowest BCUT2D eigenvalue weighted by Crippen LogP contribution is -2.68.